The fraction of sp³-hybridized carbons (Fsp3) is 0.750. The van der Waals surface area contributed by atoms with E-state index >= 15 is 0 Å². The summed E-state index contributed by atoms with van der Waals surface area (Å²) in [6.07, 6.45) is 0.00117. The Balaban J connectivity index is 2.67. The molecule has 0 unspecified atom stereocenters. The van der Waals surface area contributed by atoms with E-state index in [9.17, 15) is 25.2 Å². The predicted molar refractivity (Wildman–Crippen MR) is 101 cm³/mol. The van der Waals surface area contributed by atoms with Gasteiger partial charge in [-0.05, 0) is 45.6 Å². The molecule has 7 nitrogen and oxygen atoms in total. The first-order chi connectivity index (χ1) is 12.5. The van der Waals surface area contributed by atoms with E-state index < -0.39 is 36.5 Å². The molecule has 0 amide bonds. The lowest BCUT2D eigenvalue weighted by molar-refractivity contribution is -0.187. The zero-order valence-electron chi connectivity index (χ0n) is 16.8. The SMILES string of the molecule is C/C(=C\C(=O)OC(C)C)[C@@H](O)[C@@H]1OC[C@H](C/C=C/[C@@H](C)[C@H](C)O)[C@@H](O)[C@H]1O. The van der Waals surface area contributed by atoms with E-state index in [4.69, 9.17) is 9.47 Å². The van der Waals surface area contributed by atoms with E-state index in [1.54, 1.807) is 27.7 Å². The lowest BCUT2D eigenvalue weighted by atomic mass is 9.86. The van der Waals surface area contributed by atoms with Crippen LogP contribution in [0.15, 0.2) is 23.8 Å². The van der Waals surface area contributed by atoms with Gasteiger partial charge < -0.3 is 29.9 Å². The van der Waals surface area contributed by atoms with Gasteiger partial charge in [-0.15, -0.1) is 0 Å². The van der Waals surface area contributed by atoms with Gasteiger partial charge in [-0.2, -0.15) is 0 Å². The summed E-state index contributed by atoms with van der Waals surface area (Å²) in [5.41, 5.74) is 0.293. The topological polar surface area (TPSA) is 116 Å². The van der Waals surface area contributed by atoms with Crippen molar-refractivity contribution < 1.29 is 34.7 Å². The van der Waals surface area contributed by atoms with Crippen LogP contribution in [-0.2, 0) is 14.3 Å². The number of esters is 1. The molecule has 7 atom stereocenters. The highest BCUT2D eigenvalue weighted by atomic mass is 16.5. The van der Waals surface area contributed by atoms with Crippen molar-refractivity contribution in [1.29, 1.82) is 0 Å². The second-order valence-electron chi connectivity index (χ2n) is 7.62. The highest BCUT2D eigenvalue weighted by molar-refractivity contribution is 5.83. The number of ether oxygens (including phenoxy) is 2. The van der Waals surface area contributed by atoms with Crippen LogP contribution in [0.4, 0.5) is 0 Å². The maximum Gasteiger partial charge on any atom is 0.331 e. The molecule has 0 spiro atoms. The molecular weight excluding hydrogens is 352 g/mol. The summed E-state index contributed by atoms with van der Waals surface area (Å²) >= 11 is 0. The van der Waals surface area contributed by atoms with Crippen LogP contribution in [0.25, 0.3) is 0 Å². The third-order valence-corrected chi connectivity index (χ3v) is 4.79. The molecule has 0 aromatic rings. The number of aliphatic hydroxyl groups is 4. The summed E-state index contributed by atoms with van der Waals surface area (Å²) < 4.78 is 10.6. The van der Waals surface area contributed by atoms with Gasteiger partial charge in [-0.25, -0.2) is 4.79 Å². The van der Waals surface area contributed by atoms with E-state index in [0.29, 0.717) is 12.0 Å². The maximum atomic E-state index is 11.7. The molecule has 1 aliphatic rings. The van der Waals surface area contributed by atoms with Crippen LogP contribution >= 0.6 is 0 Å². The monoisotopic (exact) mass is 386 g/mol. The van der Waals surface area contributed by atoms with Gasteiger partial charge in [-0.1, -0.05) is 19.1 Å². The van der Waals surface area contributed by atoms with Crippen LogP contribution in [0, 0.1) is 11.8 Å². The molecule has 1 saturated heterocycles. The standard InChI is InChI=1S/C20H34O7/c1-11(2)27-16(22)9-13(4)17(23)20-19(25)18(24)15(10-26-20)8-6-7-12(3)14(5)21/h6-7,9,11-12,14-15,17-21,23-25H,8,10H2,1-5H3/b7-6+,13-9+/t12-,14+,15+,17-,18-,19-,20+/m1/s1. The number of rotatable bonds is 8. The zero-order valence-corrected chi connectivity index (χ0v) is 16.8. The largest absolute Gasteiger partial charge is 0.460 e. The molecule has 27 heavy (non-hydrogen) atoms. The van der Waals surface area contributed by atoms with Crippen LogP contribution in [0.5, 0.6) is 0 Å². The Labute approximate surface area is 161 Å². The number of carbonyl (C=O) groups is 1. The Hall–Kier alpha value is -1.25. The van der Waals surface area contributed by atoms with Gasteiger partial charge in [-0.3, -0.25) is 0 Å². The Kier molecular flexibility index (Phi) is 9.62. The van der Waals surface area contributed by atoms with Crippen LogP contribution in [0.2, 0.25) is 0 Å². The highest BCUT2D eigenvalue weighted by Crippen LogP contribution is 2.27. The molecule has 7 heteroatoms. The fourth-order valence-electron chi connectivity index (χ4n) is 2.82. The number of aliphatic hydroxyl groups excluding tert-OH is 4. The molecule has 1 heterocycles. The van der Waals surface area contributed by atoms with Crippen molar-refractivity contribution in [1.82, 2.24) is 0 Å². The van der Waals surface area contributed by atoms with Crippen molar-refractivity contribution in [2.45, 2.75) is 77.7 Å². The van der Waals surface area contributed by atoms with Crippen molar-refractivity contribution in [3.8, 4) is 0 Å². The van der Waals surface area contributed by atoms with E-state index in [1.165, 1.54) is 6.08 Å². The van der Waals surface area contributed by atoms with Crippen molar-refractivity contribution in [2.75, 3.05) is 6.61 Å². The lowest BCUT2D eigenvalue weighted by Gasteiger charge is -2.39. The highest BCUT2D eigenvalue weighted by Gasteiger charge is 2.41. The lowest BCUT2D eigenvalue weighted by Crippen LogP contribution is -2.54. The molecule has 0 radical (unpaired) electrons. The summed E-state index contributed by atoms with van der Waals surface area (Å²) in [4.78, 5) is 11.7. The summed E-state index contributed by atoms with van der Waals surface area (Å²) in [6, 6.07) is 0. The average Bonchev–Trinajstić information content (AvgIpc) is 2.57. The number of hydrogen-bond acceptors (Lipinski definition) is 7. The van der Waals surface area contributed by atoms with Crippen LogP contribution in [0.3, 0.4) is 0 Å². The van der Waals surface area contributed by atoms with E-state index in [1.807, 2.05) is 19.1 Å². The summed E-state index contributed by atoms with van der Waals surface area (Å²) in [7, 11) is 0. The molecule has 0 aromatic carbocycles. The Morgan fingerprint density at radius 1 is 1.19 bits per heavy atom. The van der Waals surface area contributed by atoms with Crippen molar-refractivity contribution in [3.05, 3.63) is 23.8 Å². The molecule has 0 aromatic heterocycles. The van der Waals surface area contributed by atoms with E-state index in [-0.39, 0.29) is 24.5 Å². The zero-order chi connectivity index (χ0) is 20.7. The molecular formula is C20H34O7. The molecule has 1 rings (SSSR count). The number of hydrogen-bond donors (Lipinski definition) is 4. The van der Waals surface area contributed by atoms with E-state index in [2.05, 4.69) is 0 Å². The third kappa shape index (κ3) is 7.35. The Morgan fingerprint density at radius 3 is 2.37 bits per heavy atom. The van der Waals surface area contributed by atoms with Crippen molar-refractivity contribution in [2.24, 2.45) is 11.8 Å². The van der Waals surface area contributed by atoms with Gasteiger partial charge in [0.2, 0.25) is 0 Å². The van der Waals surface area contributed by atoms with Crippen LogP contribution in [0.1, 0.15) is 41.0 Å². The Morgan fingerprint density at radius 2 is 1.81 bits per heavy atom. The van der Waals surface area contributed by atoms with Gasteiger partial charge in [0.1, 0.15) is 18.3 Å². The van der Waals surface area contributed by atoms with Gasteiger partial charge in [0.15, 0.2) is 0 Å². The molecule has 0 bridgehead atoms. The summed E-state index contributed by atoms with van der Waals surface area (Å²) in [5, 5.41) is 40.6. The first-order valence-electron chi connectivity index (χ1n) is 9.43. The van der Waals surface area contributed by atoms with Gasteiger partial charge >= 0.3 is 5.97 Å². The smallest absolute Gasteiger partial charge is 0.331 e. The normalized spacial score (nSPS) is 30.4. The molecule has 0 aliphatic carbocycles. The molecule has 0 saturated carbocycles. The van der Waals surface area contributed by atoms with Crippen LogP contribution < -0.4 is 0 Å². The molecule has 156 valence electrons. The van der Waals surface area contributed by atoms with Gasteiger partial charge in [0.25, 0.3) is 0 Å². The molecule has 4 N–H and O–H groups in total. The first kappa shape index (κ1) is 23.8. The third-order valence-electron chi connectivity index (χ3n) is 4.79. The minimum Gasteiger partial charge on any atom is -0.460 e. The number of carbonyl (C=O) groups excluding carboxylic acids is 1. The Bertz CT molecular complexity index is 526. The minimum atomic E-state index is -1.29. The average molecular weight is 386 g/mol. The first-order valence-corrected chi connectivity index (χ1v) is 9.43. The van der Waals surface area contributed by atoms with Crippen molar-refractivity contribution in [3.63, 3.8) is 0 Å². The van der Waals surface area contributed by atoms with Crippen LogP contribution in [-0.4, -0.2) is 69.6 Å². The quantitative estimate of drug-likeness (QED) is 0.279. The van der Waals surface area contributed by atoms with Crippen molar-refractivity contribution >= 4 is 5.97 Å². The summed E-state index contributed by atoms with van der Waals surface area (Å²) in [6.45, 7) is 8.74. The minimum absolute atomic E-state index is 0.00970. The predicted octanol–water partition coefficient (Wildman–Crippen LogP) is 0.945. The molecule has 1 aliphatic heterocycles. The maximum absolute atomic E-state index is 11.7. The number of allylic oxidation sites excluding steroid dienone is 1. The van der Waals surface area contributed by atoms with Gasteiger partial charge in [0, 0.05) is 12.0 Å². The fourth-order valence-corrected chi connectivity index (χ4v) is 2.82. The molecule has 1 fully saturated rings. The second kappa shape index (κ2) is 10.9. The second-order valence-corrected chi connectivity index (χ2v) is 7.62. The van der Waals surface area contributed by atoms with E-state index in [0.717, 1.165) is 0 Å². The van der Waals surface area contributed by atoms with Gasteiger partial charge in [0.05, 0.1) is 24.9 Å². The summed E-state index contributed by atoms with van der Waals surface area (Å²) in [5.74, 6) is -0.914.